The van der Waals surface area contributed by atoms with E-state index in [1.54, 1.807) is 30.3 Å². The Balaban J connectivity index is 1.61. The summed E-state index contributed by atoms with van der Waals surface area (Å²) < 4.78 is 28.6. The highest BCUT2D eigenvalue weighted by molar-refractivity contribution is 7.89. The molecular weight excluding hydrogens is 414 g/mol. The maximum absolute atomic E-state index is 12.7. The molecule has 1 heterocycles. The Morgan fingerprint density at radius 3 is 2.42 bits per heavy atom. The highest BCUT2D eigenvalue weighted by Gasteiger charge is 2.19. The van der Waals surface area contributed by atoms with E-state index in [0.29, 0.717) is 18.1 Å². The van der Waals surface area contributed by atoms with Gasteiger partial charge in [-0.15, -0.1) is 0 Å². The molecule has 2 N–H and O–H groups in total. The van der Waals surface area contributed by atoms with Crippen LogP contribution in [-0.4, -0.2) is 31.3 Å². The van der Waals surface area contributed by atoms with Crippen LogP contribution >= 0.6 is 0 Å². The lowest BCUT2D eigenvalue weighted by atomic mass is 10.1. The van der Waals surface area contributed by atoms with Gasteiger partial charge < -0.3 is 9.32 Å². The van der Waals surface area contributed by atoms with Crippen LogP contribution in [0.5, 0.6) is 0 Å². The minimum absolute atomic E-state index is 0.0425. The van der Waals surface area contributed by atoms with Gasteiger partial charge >= 0.3 is 0 Å². The van der Waals surface area contributed by atoms with E-state index in [1.165, 1.54) is 23.3 Å². The number of benzene rings is 2. The van der Waals surface area contributed by atoms with Gasteiger partial charge in [-0.1, -0.05) is 24.3 Å². The van der Waals surface area contributed by atoms with Crippen LogP contribution in [0.15, 0.2) is 58.0 Å². The second-order valence-corrected chi connectivity index (χ2v) is 9.27. The Bertz CT molecular complexity index is 1180. The molecule has 0 fully saturated rings. The number of carbonyl (C=O) groups excluding carboxylic acids is 1. The number of primary sulfonamides is 1. The first-order chi connectivity index (χ1) is 14.6. The third kappa shape index (κ3) is 5.39. The molecule has 0 saturated carbocycles. The average molecular weight is 442 g/mol. The van der Waals surface area contributed by atoms with Crippen LogP contribution in [0.25, 0.3) is 11.3 Å². The summed E-state index contributed by atoms with van der Waals surface area (Å²) in [5.74, 6) is 1.14. The van der Waals surface area contributed by atoms with Crippen molar-refractivity contribution < 1.29 is 17.6 Å². The number of aryl methyl sites for hydroxylation is 3. The molecule has 31 heavy (non-hydrogen) atoms. The highest BCUT2D eigenvalue weighted by Crippen LogP contribution is 2.24. The van der Waals surface area contributed by atoms with E-state index in [4.69, 9.17) is 9.56 Å². The van der Waals surface area contributed by atoms with Crippen molar-refractivity contribution in [1.29, 1.82) is 0 Å². The van der Waals surface area contributed by atoms with Crippen molar-refractivity contribution in [3.05, 3.63) is 71.2 Å². The molecule has 0 aliphatic carbocycles. The molecule has 8 heteroatoms. The Hall–Kier alpha value is -2.97. The fourth-order valence-corrected chi connectivity index (χ4v) is 3.74. The first-order valence-electron chi connectivity index (χ1n) is 9.97. The zero-order valence-corrected chi connectivity index (χ0v) is 18.9. The molecule has 164 valence electrons. The minimum atomic E-state index is -3.74. The van der Waals surface area contributed by atoms with E-state index >= 15 is 0 Å². The van der Waals surface area contributed by atoms with Gasteiger partial charge in [-0.05, 0) is 55.7 Å². The van der Waals surface area contributed by atoms with Gasteiger partial charge in [-0.25, -0.2) is 18.5 Å². The first-order valence-corrected chi connectivity index (χ1v) is 11.5. The number of oxazole rings is 1. The van der Waals surface area contributed by atoms with E-state index < -0.39 is 10.0 Å². The number of nitrogens with zero attached hydrogens (tertiary/aromatic N) is 2. The second kappa shape index (κ2) is 9.03. The van der Waals surface area contributed by atoms with E-state index in [1.807, 2.05) is 26.0 Å². The molecule has 0 spiro atoms. The van der Waals surface area contributed by atoms with E-state index in [9.17, 15) is 13.2 Å². The van der Waals surface area contributed by atoms with Crippen molar-refractivity contribution in [2.75, 3.05) is 7.05 Å². The van der Waals surface area contributed by atoms with Crippen molar-refractivity contribution in [3.63, 3.8) is 0 Å². The molecule has 0 radical (unpaired) electrons. The largest absolute Gasteiger partial charge is 0.441 e. The van der Waals surface area contributed by atoms with Crippen LogP contribution in [0.3, 0.4) is 0 Å². The smallest absolute Gasteiger partial charge is 0.238 e. The van der Waals surface area contributed by atoms with Gasteiger partial charge in [0, 0.05) is 25.5 Å². The second-order valence-electron chi connectivity index (χ2n) is 7.71. The summed E-state index contributed by atoms with van der Waals surface area (Å²) in [6, 6.07) is 12.1. The van der Waals surface area contributed by atoms with Crippen LogP contribution in [-0.2, 0) is 21.2 Å². The van der Waals surface area contributed by atoms with Crippen molar-refractivity contribution in [2.45, 2.75) is 44.6 Å². The maximum atomic E-state index is 12.7. The van der Waals surface area contributed by atoms with Crippen LogP contribution in [0.2, 0.25) is 0 Å². The fourth-order valence-electron chi connectivity index (χ4n) is 3.22. The summed E-state index contributed by atoms with van der Waals surface area (Å²) in [6.07, 6.45) is 2.33. The lowest BCUT2D eigenvalue weighted by Crippen LogP contribution is -2.29. The van der Waals surface area contributed by atoms with E-state index in [2.05, 4.69) is 18.0 Å². The van der Waals surface area contributed by atoms with Crippen LogP contribution in [0, 0.1) is 13.8 Å². The van der Waals surface area contributed by atoms with Gasteiger partial charge in [-0.2, -0.15) is 0 Å². The van der Waals surface area contributed by atoms with E-state index in [0.717, 1.165) is 11.1 Å². The standard InChI is InChI=1S/C23H27N3O4S/c1-15-5-6-19(13-16(15)2)21-14-25-22(30-21)11-12-23(27)26(4)17(3)18-7-9-20(10-8-18)31(24,28)29/h5-10,13-14,17H,11-12H2,1-4H3,(H2,24,28,29)/t17-/m1/s1. The number of carbonyl (C=O) groups is 1. The van der Waals surface area contributed by atoms with Crippen molar-refractivity contribution in [2.24, 2.45) is 5.14 Å². The highest BCUT2D eigenvalue weighted by atomic mass is 32.2. The van der Waals surface area contributed by atoms with E-state index in [-0.39, 0.29) is 23.3 Å². The molecule has 3 aromatic rings. The molecule has 0 unspecified atom stereocenters. The summed E-state index contributed by atoms with van der Waals surface area (Å²) in [6.45, 7) is 5.99. The van der Waals surface area contributed by atoms with Gasteiger partial charge in [-0.3, -0.25) is 4.79 Å². The molecule has 0 bridgehead atoms. The number of rotatable bonds is 7. The van der Waals surface area contributed by atoms with Gasteiger partial charge in [0.25, 0.3) is 0 Å². The number of aromatic nitrogens is 1. The number of hydrogen-bond acceptors (Lipinski definition) is 5. The predicted octanol–water partition coefficient (Wildman–Crippen LogP) is 3.76. The minimum Gasteiger partial charge on any atom is -0.441 e. The summed E-state index contributed by atoms with van der Waals surface area (Å²) in [5.41, 5.74) is 4.17. The summed E-state index contributed by atoms with van der Waals surface area (Å²) in [4.78, 5) is 18.6. The van der Waals surface area contributed by atoms with Gasteiger partial charge in [0.05, 0.1) is 17.1 Å². The van der Waals surface area contributed by atoms with Crippen LogP contribution in [0.4, 0.5) is 0 Å². The van der Waals surface area contributed by atoms with Crippen molar-refractivity contribution in [3.8, 4) is 11.3 Å². The van der Waals surface area contributed by atoms with Crippen LogP contribution < -0.4 is 5.14 Å². The Kier molecular flexibility index (Phi) is 6.62. The molecular formula is C23H27N3O4S. The summed E-state index contributed by atoms with van der Waals surface area (Å²) in [5, 5.41) is 5.13. The quantitative estimate of drug-likeness (QED) is 0.601. The van der Waals surface area contributed by atoms with Crippen molar-refractivity contribution in [1.82, 2.24) is 9.88 Å². The molecule has 3 rings (SSSR count). The Labute approximate surface area is 183 Å². The SMILES string of the molecule is Cc1ccc(-c2cnc(CCC(=O)N(C)[C@H](C)c3ccc(S(N)(=O)=O)cc3)o2)cc1C. The number of hydrogen-bond donors (Lipinski definition) is 1. The lowest BCUT2D eigenvalue weighted by Gasteiger charge is -2.25. The topological polar surface area (TPSA) is 106 Å². The zero-order valence-electron chi connectivity index (χ0n) is 18.1. The van der Waals surface area contributed by atoms with Crippen molar-refractivity contribution >= 4 is 15.9 Å². The molecule has 0 aliphatic heterocycles. The average Bonchev–Trinajstić information content (AvgIpc) is 3.21. The summed E-state index contributed by atoms with van der Waals surface area (Å²) >= 11 is 0. The molecule has 0 aliphatic rings. The number of sulfonamides is 1. The molecule has 2 aromatic carbocycles. The van der Waals surface area contributed by atoms with Crippen LogP contribution in [0.1, 0.15) is 42.0 Å². The summed E-state index contributed by atoms with van der Waals surface area (Å²) in [7, 11) is -2.02. The third-order valence-corrected chi connectivity index (χ3v) is 6.49. The number of nitrogens with two attached hydrogens (primary N) is 1. The Morgan fingerprint density at radius 2 is 1.81 bits per heavy atom. The maximum Gasteiger partial charge on any atom is 0.238 e. The Morgan fingerprint density at radius 1 is 1.13 bits per heavy atom. The molecule has 1 aromatic heterocycles. The normalized spacial score (nSPS) is 12.5. The molecule has 1 atom stereocenters. The first kappa shape index (κ1) is 22.7. The third-order valence-electron chi connectivity index (χ3n) is 5.56. The predicted molar refractivity (Wildman–Crippen MR) is 119 cm³/mol. The lowest BCUT2D eigenvalue weighted by molar-refractivity contribution is -0.131. The molecule has 0 saturated heterocycles. The molecule has 7 nitrogen and oxygen atoms in total. The zero-order chi connectivity index (χ0) is 22.8. The van der Waals surface area contributed by atoms with Gasteiger partial charge in [0.15, 0.2) is 11.7 Å². The van der Waals surface area contributed by atoms with Gasteiger partial charge in [0.1, 0.15) is 0 Å². The molecule has 1 amide bonds. The number of amides is 1. The fraction of sp³-hybridized carbons (Fsp3) is 0.304. The van der Waals surface area contributed by atoms with Gasteiger partial charge in [0.2, 0.25) is 15.9 Å². The monoisotopic (exact) mass is 441 g/mol.